The number of aromatic carboxylic acids is 1. The Morgan fingerprint density at radius 3 is 2.72 bits per heavy atom. The van der Waals surface area contributed by atoms with Crippen molar-refractivity contribution in [3.8, 4) is 5.75 Å². The van der Waals surface area contributed by atoms with Gasteiger partial charge in [0, 0.05) is 0 Å². The van der Waals surface area contributed by atoms with Crippen molar-refractivity contribution in [3.63, 3.8) is 0 Å². The van der Waals surface area contributed by atoms with Crippen molar-refractivity contribution in [2.75, 3.05) is 7.11 Å². The van der Waals surface area contributed by atoms with E-state index in [1.54, 1.807) is 25.3 Å². The molecule has 32 heavy (non-hydrogen) atoms. The average molecular weight is 431 g/mol. The quantitative estimate of drug-likeness (QED) is 0.495. The minimum Gasteiger partial charge on any atom is -0.497 e. The number of carboxylic acid groups (broad SMARTS) is 1. The summed E-state index contributed by atoms with van der Waals surface area (Å²) in [6.45, 7) is 2.41. The van der Waals surface area contributed by atoms with E-state index in [-0.39, 0.29) is 16.4 Å². The molecular weight excluding hydrogens is 396 g/mol. The summed E-state index contributed by atoms with van der Waals surface area (Å²) in [4.78, 5) is 11.4. The molecule has 0 aromatic heterocycles. The van der Waals surface area contributed by atoms with Crippen molar-refractivity contribution < 1.29 is 17.4 Å². The zero-order chi connectivity index (χ0) is 23.8. The molecule has 0 radical (unpaired) electrons. The molecule has 0 heterocycles. The van der Waals surface area contributed by atoms with Gasteiger partial charge in [0.1, 0.15) is 5.75 Å². The molecule has 3 aromatic rings. The van der Waals surface area contributed by atoms with Gasteiger partial charge in [-0.05, 0) is 107 Å². The van der Waals surface area contributed by atoms with E-state index < -0.39 is 5.97 Å². The Morgan fingerprint density at radius 2 is 1.94 bits per heavy atom. The van der Waals surface area contributed by atoms with E-state index in [1.165, 1.54) is 12.8 Å². The van der Waals surface area contributed by atoms with E-state index >= 15 is 0 Å². The Labute approximate surface area is 192 Å². The van der Waals surface area contributed by atoms with Gasteiger partial charge in [-0.3, -0.25) is 0 Å². The second-order valence-electron chi connectivity index (χ2n) is 10.7. The van der Waals surface area contributed by atoms with Crippen LogP contribution in [0.15, 0.2) is 60.6 Å². The van der Waals surface area contributed by atoms with Gasteiger partial charge in [-0.25, -0.2) is 4.79 Å². The molecule has 0 saturated heterocycles. The van der Waals surface area contributed by atoms with E-state index in [0.29, 0.717) is 35.6 Å². The van der Waals surface area contributed by atoms with Crippen LogP contribution in [-0.4, -0.2) is 18.2 Å². The van der Waals surface area contributed by atoms with Crippen molar-refractivity contribution in [3.05, 3.63) is 77.3 Å². The Bertz CT molecular complexity index is 1330. The summed E-state index contributed by atoms with van der Waals surface area (Å²) in [6, 6.07) is 16.3. The largest absolute Gasteiger partial charge is 0.497 e. The third-order valence-electron chi connectivity index (χ3n) is 8.60. The van der Waals surface area contributed by atoms with Crippen molar-refractivity contribution in [1.29, 1.82) is 0 Å². The molecule has 3 nitrogen and oxygen atoms in total. The first kappa shape index (κ1) is 17.7. The topological polar surface area (TPSA) is 46.5 Å². The van der Waals surface area contributed by atoms with Crippen LogP contribution in [0, 0.1) is 17.3 Å². The minimum absolute atomic E-state index is 0.0190. The van der Waals surface area contributed by atoms with Gasteiger partial charge < -0.3 is 9.84 Å². The van der Waals surface area contributed by atoms with Crippen LogP contribution in [-0.2, 0) is 5.41 Å². The van der Waals surface area contributed by atoms with E-state index in [2.05, 4.69) is 19.1 Å². The maximum Gasteiger partial charge on any atom is 0.335 e. The van der Waals surface area contributed by atoms with Crippen LogP contribution in [0.3, 0.4) is 0 Å². The normalized spacial score (nSPS) is 33.8. The smallest absolute Gasteiger partial charge is 0.335 e. The number of benzene rings is 3. The van der Waals surface area contributed by atoms with Crippen LogP contribution < -0.4 is 4.74 Å². The highest BCUT2D eigenvalue weighted by molar-refractivity contribution is 5.94. The molecule has 4 fully saturated rings. The van der Waals surface area contributed by atoms with E-state index in [1.807, 2.05) is 18.2 Å². The van der Waals surface area contributed by atoms with Gasteiger partial charge >= 0.3 is 5.97 Å². The Kier molecular flexibility index (Phi) is 3.79. The second kappa shape index (κ2) is 6.84. The Hall–Kier alpha value is -2.81. The molecule has 4 bridgehead atoms. The molecule has 3 aromatic carbocycles. The lowest BCUT2D eigenvalue weighted by atomic mass is 9.39. The number of hydrogen-bond donors (Lipinski definition) is 1. The lowest BCUT2D eigenvalue weighted by molar-refractivity contribution is -0.0830. The SMILES string of the molecule is [3H]c1c(OC)cccc1C1C2CC3CC(c4ccc5cc(C(=O)O)ccc5c4[3H])(C2)CC1(C)C3. The summed E-state index contributed by atoms with van der Waals surface area (Å²) in [5.74, 6) is 1.19. The van der Waals surface area contributed by atoms with Crippen molar-refractivity contribution in [2.45, 2.75) is 50.4 Å². The molecule has 1 N–H and O–H groups in total. The summed E-state index contributed by atoms with van der Waals surface area (Å²) in [5, 5.41) is 11.0. The Morgan fingerprint density at radius 1 is 1.09 bits per heavy atom. The molecule has 0 amide bonds. The van der Waals surface area contributed by atoms with Crippen molar-refractivity contribution in [2.24, 2.45) is 17.3 Å². The predicted molar refractivity (Wildman–Crippen MR) is 126 cm³/mol. The zero-order valence-electron chi connectivity index (χ0n) is 20.7. The van der Waals surface area contributed by atoms with Crippen molar-refractivity contribution >= 4 is 16.7 Å². The molecule has 4 aliphatic rings. The number of methoxy groups -OCH3 is 1. The number of carbonyl (C=O) groups is 1. The summed E-state index contributed by atoms with van der Waals surface area (Å²) in [7, 11) is 1.64. The maximum absolute atomic E-state index is 11.4. The average Bonchev–Trinajstić information content (AvgIpc) is 2.78. The van der Waals surface area contributed by atoms with Crippen LogP contribution in [0.25, 0.3) is 10.8 Å². The highest BCUT2D eigenvalue weighted by Crippen LogP contribution is 2.70. The van der Waals surface area contributed by atoms with Gasteiger partial charge in [0.05, 0.1) is 15.4 Å². The molecule has 7 rings (SSSR count). The van der Waals surface area contributed by atoms with E-state index in [9.17, 15) is 9.90 Å². The van der Waals surface area contributed by atoms with Gasteiger partial charge in [0.25, 0.3) is 0 Å². The fourth-order valence-corrected chi connectivity index (χ4v) is 7.92. The van der Waals surface area contributed by atoms with Crippen LogP contribution in [0.5, 0.6) is 5.75 Å². The standard InChI is InChI=1S/C29H30O3/c1-28-14-18-10-23(26(28)21-4-3-5-25(13-21)32-2)16-29(15-18,17-28)24-9-8-19-11-22(27(30)31)7-6-20(19)12-24/h3-9,11-13,18,23,26H,10,14-17H2,1-2H3,(H,30,31)/i12T,13T. The fourth-order valence-electron chi connectivity index (χ4n) is 7.92. The molecule has 4 aliphatic carbocycles. The van der Waals surface area contributed by atoms with Gasteiger partial charge in [-0.1, -0.05) is 43.3 Å². The van der Waals surface area contributed by atoms with E-state index in [4.69, 9.17) is 7.48 Å². The van der Waals surface area contributed by atoms with Gasteiger partial charge in [-0.2, -0.15) is 0 Å². The zero-order valence-corrected chi connectivity index (χ0v) is 18.7. The summed E-state index contributed by atoms with van der Waals surface area (Å²) in [5.41, 5.74) is 2.56. The van der Waals surface area contributed by atoms with Crippen molar-refractivity contribution in [1.82, 2.24) is 0 Å². The monoisotopic (exact) mass is 430 g/mol. The van der Waals surface area contributed by atoms with Crippen LogP contribution in [0.4, 0.5) is 0 Å². The number of ether oxygens (including phenoxy) is 1. The summed E-state index contributed by atoms with van der Waals surface area (Å²) < 4.78 is 23.4. The molecule has 4 saturated carbocycles. The lowest BCUT2D eigenvalue weighted by Gasteiger charge is -2.65. The third-order valence-corrected chi connectivity index (χ3v) is 8.60. The third kappa shape index (κ3) is 2.90. The van der Waals surface area contributed by atoms with Gasteiger partial charge in [0.2, 0.25) is 0 Å². The first-order chi connectivity index (χ1) is 16.2. The van der Waals surface area contributed by atoms with Gasteiger partial charge in [0.15, 0.2) is 0 Å². The minimum atomic E-state index is -0.941. The second-order valence-corrected chi connectivity index (χ2v) is 10.7. The van der Waals surface area contributed by atoms with Crippen LogP contribution >= 0.6 is 0 Å². The molecule has 164 valence electrons. The number of hydrogen-bond acceptors (Lipinski definition) is 2. The van der Waals surface area contributed by atoms with Gasteiger partial charge in [-0.15, -0.1) is 0 Å². The summed E-state index contributed by atoms with van der Waals surface area (Å²) >= 11 is 0. The molecule has 3 heteroatoms. The highest BCUT2D eigenvalue weighted by atomic mass is 16.5. The number of rotatable bonds is 4. The highest BCUT2D eigenvalue weighted by Gasteiger charge is 2.61. The number of carboxylic acids is 1. The van der Waals surface area contributed by atoms with E-state index in [0.717, 1.165) is 41.2 Å². The molecular formula is C29H30O3. The Balaban J connectivity index is 1.44. The first-order valence-electron chi connectivity index (χ1n) is 12.7. The maximum atomic E-state index is 11.4. The predicted octanol–water partition coefficient (Wildman–Crippen LogP) is 6.80. The molecule has 5 atom stereocenters. The first-order valence-corrected chi connectivity index (χ1v) is 11.7. The summed E-state index contributed by atoms with van der Waals surface area (Å²) in [6.07, 6.45) is 5.57. The number of fused-ring (bicyclic) bond motifs is 1. The molecule has 5 unspecified atom stereocenters. The molecule has 0 spiro atoms. The van der Waals surface area contributed by atoms with Crippen LogP contribution in [0.1, 0.15) is 69.2 Å². The molecule has 0 aliphatic heterocycles. The fraction of sp³-hybridized carbons (Fsp3) is 0.414. The lowest BCUT2D eigenvalue weighted by Crippen LogP contribution is -2.56. The van der Waals surface area contributed by atoms with Crippen LogP contribution in [0.2, 0.25) is 0 Å².